The Kier molecular flexibility index (Phi) is 11.0. The Hall–Kier alpha value is -0.860. The molecule has 0 atom stereocenters. The van der Waals surface area contributed by atoms with Crippen molar-refractivity contribution in [1.29, 1.82) is 0 Å². The fourth-order valence-corrected chi connectivity index (χ4v) is 1.62. The Morgan fingerprint density at radius 1 is 0.706 bits per heavy atom. The molecule has 0 amide bonds. The molecule has 0 fully saturated rings. The molecule has 0 N–H and O–H groups in total. The van der Waals surface area contributed by atoms with Crippen LogP contribution < -0.4 is 0 Å². The summed E-state index contributed by atoms with van der Waals surface area (Å²) in [5, 5.41) is 0. The molecule has 0 heterocycles. The molecule has 0 aliphatic heterocycles. The van der Waals surface area contributed by atoms with Gasteiger partial charge in [0.2, 0.25) is 0 Å². The first kappa shape index (κ1) is 16.1. The van der Waals surface area contributed by atoms with E-state index in [1.54, 1.807) is 0 Å². The van der Waals surface area contributed by atoms with Crippen LogP contribution in [0.3, 0.4) is 0 Å². The van der Waals surface area contributed by atoms with Crippen molar-refractivity contribution in [2.45, 2.75) is 78.1 Å². The van der Waals surface area contributed by atoms with Gasteiger partial charge in [0, 0.05) is 12.8 Å². The molecule has 0 aromatic rings. The van der Waals surface area contributed by atoms with Gasteiger partial charge in [-0.2, -0.15) is 0 Å². The van der Waals surface area contributed by atoms with Crippen molar-refractivity contribution in [1.82, 2.24) is 0 Å². The van der Waals surface area contributed by atoms with Gasteiger partial charge in [0.25, 0.3) is 0 Å². The number of unbranched alkanes of at least 4 members (excludes halogenated alkanes) is 6. The number of carbonyl (C=O) groups is 2. The standard InChI is InChI=1S/C14H26O3/c1-3-5-7-8-10-12-14(16)17-13(15)11-9-6-4-2/h3-12H2,1-2H3. The highest BCUT2D eigenvalue weighted by Crippen LogP contribution is 2.07. The highest BCUT2D eigenvalue weighted by atomic mass is 16.6. The lowest BCUT2D eigenvalue weighted by Crippen LogP contribution is -2.11. The van der Waals surface area contributed by atoms with Crippen LogP contribution in [0.15, 0.2) is 0 Å². The predicted octanol–water partition coefficient (Wildman–Crippen LogP) is 4.00. The van der Waals surface area contributed by atoms with Gasteiger partial charge in [-0.25, -0.2) is 0 Å². The van der Waals surface area contributed by atoms with Gasteiger partial charge in [-0.3, -0.25) is 9.59 Å². The van der Waals surface area contributed by atoms with E-state index in [2.05, 4.69) is 13.8 Å². The lowest BCUT2D eigenvalue weighted by Gasteiger charge is -2.02. The maximum atomic E-state index is 11.3. The van der Waals surface area contributed by atoms with Crippen LogP contribution in [0.4, 0.5) is 0 Å². The summed E-state index contributed by atoms with van der Waals surface area (Å²) in [7, 11) is 0. The van der Waals surface area contributed by atoms with E-state index in [0.717, 1.165) is 38.5 Å². The topological polar surface area (TPSA) is 43.4 Å². The van der Waals surface area contributed by atoms with Gasteiger partial charge in [-0.05, 0) is 12.8 Å². The minimum absolute atomic E-state index is 0.358. The van der Waals surface area contributed by atoms with Gasteiger partial charge in [0.05, 0.1) is 0 Å². The third-order valence-corrected chi connectivity index (χ3v) is 2.70. The number of ether oxygens (including phenoxy) is 1. The molecule has 0 rings (SSSR count). The van der Waals surface area contributed by atoms with E-state index in [1.165, 1.54) is 12.8 Å². The Labute approximate surface area is 105 Å². The van der Waals surface area contributed by atoms with Crippen molar-refractivity contribution < 1.29 is 14.3 Å². The first-order chi connectivity index (χ1) is 8.20. The van der Waals surface area contributed by atoms with E-state index in [-0.39, 0.29) is 11.9 Å². The molecule has 0 aromatic carbocycles. The van der Waals surface area contributed by atoms with E-state index in [4.69, 9.17) is 4.74 Å². The average molecular weight is 242 g/mol. The lowest BCUT2D eigenvalue weighted by atomic mass is 10.1. The van der Waals surface area contributed by atoms with Gasteiger partial charge in [0.1, 0.15) is 0 Å². The highest BCUT2D eigenvalue weighted by Gasteiger charge is 2.09. The molecule has 0 aliphatic rings. The molecule has 17 heavy (non-hydrogen) atoms. The predicted molar refractivity (Wildman–Crippen MR) is 68.6 cm³/mol. The van der Waals surface area contributed by atoms with E-state index >= 15 is 0 Å². The second-order valence-electron chi connectivity index (χ2n) is 4.47. The molecule has 100 valence electrons. The van der Waals surface area contributed by atoms with Gasteiger partial charge in [-0.15, -0.1) is 0 Å². The molecule has 0 aliphatic carbocycles. The van der Waals surface area contributed by atoms with Crippen LogP contribution in [-0.2, 0) is 14.3 Å². The molecule has 0 radical (unpaired) electrons. The summed E-state index contributed by atoms with van der Waals surface area (Å²) in [5.74, 6) is -0.722. The molecule has 3 nitrogen and oxygen atoms in total. The van der Waals surface area contributed by atoms with Crippen molar-refractivity contribution in [3.05, 3.63) is 0 Å². The first-order valence-electron chi connectivity index (χ1n) is 6.94. The van der Waals surface area contributed by atoms with Crippen LogP contribution in [0.25, 0.3) is 0 Å². The first-order valence-corrected chi connectivity index (χ1v) is 6.94. The van der Waals surface area contributed by atoms with Crippen molar-refractivity contribution in [3.63, 3.8) is 0 Å². The van der Waals surface area contributed by atoms with Crippen LogP contribution in [0, 0.1) is 0 Å². The molecule has 0 aromatic heterocycles. The summed E-state index contributed by atoms with van der Waals surface area (Å²) < 4.78 is 4.73. The third kappa shape index (κ3) is 11.4. The van der Waals surface area contributed by atoms with Crippen LogP contribution in [0.5, 0.6) is 0 Å². The zero-order chi connectivity index (χ0) is 12.9. The minimum Gasteiger partial charge on any atom is -0.393 e. The fourth-order valence-electron chi connectivity index (χ4n) is 1.62. The Morgan fingerprint density at radius 2 is 1.12 bits per heavy atom. The van der Waals surface area contributed by atoms with Crippen LogP contribution in [0.1, 0.15) is 78.1 Å². The second kappa shape index (κ2) is 11.6. The van der Waals surface area contributed by atoms with E-state index in [9.17, 15) is 9.59 Å². The molecule has 0 saturated heterocycles. The summed E-state index contributed by atoms with van der Waals surface area (Å²) in [4.78, 5) is 22.5. The largest absolute Gasteiger partial charge is 0.393 e. The number of rotatable bonds is 10. The minimum atomic E-state index is -0.364. The zero-order valence-electron chi connectivity index (χ0n) is 11.3. The number of hydrogen-bond acceptors (Lipinski definition) is 3. The average Bonchev–Trinajstić information content (AvgIpc) is 2.29. The van der Waals surface area contributed by atoms with Gasteiger partial charge < -0.3 is 4.74 Å². The summed E-state index contributed by atoms with van der Waals surface area (Å²) in [6, 6.07) is 0. The number of hydrogen-bond donors (Lipinski definition) is 0. The number of esters is 2. The maximum Gasteiger partial charge on any atom is 0.313 e. The monoisotopic (exact) mass is 242 g/mol. The van der Waals surface area contributed by atoms with Crippen molar-refractivity contribution >= 4 is 11.9 Å². The van der Waals surface area contributed by atoms with E-state index < -0.39 is 0 Å². The summed E-state index contributed by atoms with van der Waals surface area (Å²) in [6.45, 7) is 4.23. The zero-order valence-corrected chi connectivity index (χ0v) is 11.3. The fraction of sp³-hybridized carbons (Fsp3) is 0.857. The summed E-state index contributed by atoms with van der Waals surface area (Å²) in [6.07, 6.45) is 9.10. The van der Waals surface area contributed by atoms with Crippen LogP contribution >= 0.6 is 0 Å². The second-order valence-corrected chi connectivity index (χ2v) is 4.47. The molecule has 3 heteroatoms. The van der Waals surface area contributed by atoms with Crippen molar-refractivity contribution in [2.24, 2.45) is 0 Å². The highest BCUT2D eigenvalue weighted by molar-refractivity contribution is 5.85. The quantitative estimate of drug-likeness (QED) is 0.330. The molecular weight excluding hydrogens is 216 g/mol. The summed E-state index contributed by atoms with van der Waals surface area (Å²) >= 11 is 0. The third-order valence-electron chi connectivity index (χ3n) is 2.70. The van der Waals surface area contributed by atoms with Crippen molar-refractivity contribution in [2.75, 3.05) is 0 Å². The lowest BCUT2D eigenvalue weighted by molar-refractivity contribution is -0.159. The SMILES string of the molecule is CCCCCCCC(=O)OC(=O)CCCCC. The smallest absolute Gasteiger partial charge is 0.313 e. The van der Waals surface area contributed by atoms with E-state index in [1.807, 2.05) is 0 Å². The van der Waals surface area contributed by atoms with Crippen LogP contribution in [-0.4, -0.2) is 11.9 Å². The Balaban J connectivity index is 3.41. The molecule has 0 unspecified atom stereocenters. The maximum absolute atomic E-state index is 11.3. The van der Waals surface area contributed by atoms with Gasteiger partial charge in [-0.1, -0.05) is 52.4 Å². The van der Waals surface area contributed by atoms with E-state index in [0.29, 0.717) is 12.8 Å². The summed E-state index contributed by atoms with van der Waals surface area (Å²) in [5.41, 5.74) is 0. The normalized spacial score (nSPS) is 10.2. The van der Waals surface area contributed by atoms with Gasteiger partial charge >= 0.3 is 11.9 Å². The molecule has 0 spiro atoms. The van der Waals surface area contributed by atoms with Gasteiger partial charge in [0.15, 0.2) is 0 Å². The Bertz CT molecular complexity index is 212. The van der Waals surface area contributed by atoms with Crippen molar-refractivity contribution in [3.8, 4) is 0 Å². The Morgan fingerprint density at radius 3 is 1.65 bits per heavy atom. The molecule has 0 saturated carbocycles. The molecular formula is C14H26O3. The number of carbonyl (C=O) groups excluding carboxylic acids is 2. The van der Waals surface area contributed by atoms with Crippen LogP contribution in [0.2, 0.25) is 0 Å². The molecule has 0 bridgehead atoms.